The lowest BCUT2D eigenvalue weighted by Gasteiger charge is -2.30. The number of carbonyl (C=O) groups excluding carboxylic acids is 1. The van der Waals surface area contributed by atoms with Crippen molar-refractivity contribution in [2.45, 2.75) is 56.6 Å². The van der Waals surface area contributed by atoms with Crippen molar-refractivity contribution in [2.24, 2.45) is 5.92 Å². The van der Waals surface area contributed by atoms with E-state index in [1.165, 1.54) is 5.56 Å². The molecule has 4 nitrogen and oxygen atoms in total. The molecule has 0 aromatic carbocycles. The second-order valence-electron chi connectivity index (χ2n) is 7.23. The molecule has 0 spiro atoms. The number of piperidine rings is 1. The molecule has 1 saturated heterocycles. The first-order chi connectivity index (χ1) is 11.5. The number of thiol groups is 1. The molecule has 1 aliphatic heterocycles. The minimum absolute atomic E-state index is 0.168. The molecule has 0 amide bonds. The van der Waals surface area contributed by atoms with Gasteiger partial charge in [0.25, 0.3) is 0 Å². The Morgan fingerprint density at radius 1 is 1.12 bits per heavy atom. The fraction of sp³-hybridized carbons (Fsp3) is 0.632. The van der Waals surface area contributed by atoms with Gasteiger partial charge in [-0.05, 0) is 62.5 Å². The van der Waals surface area contributed by atoms with Gasteiger partial charge >= 0.3 is 0 Å². The van der Waals surface area contributed by atoms with Crippen molar-refractivity contribution in [3.05, 3.63) is 30.1 Å². The van der Waals surface area contributed by atoms with Crippen LogP contribution < -0.4 is 4.90 Å². The number of carbonyl (C=O) groups is 1. The predicted octanol–water partition coefficient (Wildman–Crippen LogP) is 3.79. The van der Waals surface area contributed by atoms with E-state index in [4.69, 9.17) is 0 Å². The minimum Gasteiger partial charge on any atom is -0.341 e. The summed E-state index contributed by atoms with van der Waals surface area (Å²) in [6.45, 7) is 7.58. The van der Waals surface area contributed by atoms with Crippen molar-refractivity contribution < 1.29 is 4.79 Å². The molecular weight excluding hydrogens is 318 g/mol. The molecule has 130 valence electrons. The SMILES string of the molecule is C=C(C)C(=O)[C@H]1CC[C@H](c2cnc(N3CCC(S)CC3)nc2)CC1. The molecule has 0 bridgehead atoms. The third-order valence-corrected chi connectivity index (χ3v) is 5.91. The molecule has 2 heterocycles. The zero-order chi connectivity index (χ0) is 17.1. The zero-order valence-electron chi connectivity index (χ0n) is 14.4. The third-order valence-electron chi connectivity index (χ3n) is 5.40. The number of Topliss-reactive ketones (excluding diaryl/α,β-unsaturated/α-hetero) is 1. The summed E-state index contributed by atoms with van der Waals surface area (Å²) >= 11 is 4.54. The van der Waals surface area contributed by atoms with E-state index in [1.54, 1.807) is 0 Å². The first-order valence-electron chi connectivity index (χ1n) is 8.99. The Morgan fingerprint density at radius 2 is 1.71 bits per heavy atom. The van der Waals surface area contributed by atoms with Gasteiger partial charge in [-0.3, -0.25) is 4.79 Å². The second kappa shape index (κ2) is 7.68. The molecule has 0 unspecified atom stereocenters. The summed E-state index contributed by atoms with van der Waals surface area (Å²) < 4.78 is 0. The topological polar surface area (TPSA) is 46.1 Å². The highest BCUT2D eigenvalue weighted by atomic mass is 32.1. The van der Waals surface area contributed by atoms with Crippen LogP contribution in [0.2, 0.25) is 0 Å². The zero-order valence-corrected chi connectivity index (χ0v) is 15.3. The van der Waals surface area contributed by atoms with E-state index in [9.17, 15) is 4.79 Å². The van der Waals surface area contributed by atoms with Gasteiger partial charge in [-0.15, -0.1) is 0 Å². The van der Waals surface area contributed by atoms with Crippen LogP contribution in [0, 0.1) is 5.92 Å². The predicted molar refractivity (Wildman–Crippen MR) is 101 cm³/mol. The monoisotopic (exact) mass is 345 g/mol. The number of hydrogen-bond acceptors (Lipinski definition) is 5. The number of hydrogen-bond donors (Lipinski definition) is 1. The van der Waals surface area contributed by atoms with Crippen molar-refractivity contribution in [1.82, 2.24) is 9.97 Å². The van der Waals surface area contributed by atoms with Crippen LogP contribution in [0.5, 0.6) is 0 Å². The van der Waals surface area contributed by atoms with Crippen molar-refractivity contribution in [3.8, 4) is 0 Å². The average molecular weight is 346 g/mol. The molecule has 0 radical (unpaired) electrons. The lowest BCUT2D eigenvalue weighted by Crippen LogP contribution is -2.35. The first kappa shape index (κ1) is 17.5. The first-order valence-corrected chi connectivity index (χ1v) is 9.51. The number of rotatable bonds is 4. The third kappa shape index (κ3) is 4.00. The van der Waals surface area contributed by atoms with Gasteiger partial charge in [0.2, 0.25) is 5.95 Å². The van der Waals surface area contributed by atoms with Crippen LogP contribution in [0.4, 0.5) is 5.95 Å². The number of allylic oxidation sites excluding steroid dienone is 1. The molecular formula is C19H27N3OS. The Labute approximate surface area is 150 Å². The van der Waals surface area contributed by atoms with Gasteiger partial charge in [0.15, 0.2) is 5.78 Å². The summed E-state index contributed by atoms with van der Waals surface area (Å²) in [7, 11) is 0. The molecule has 2 fully saturated rings. The normalized spacial score (nSPS) is 25.5. The highest BCUT2D eigenvalue weighted by Crippen LogP contribution is 2.36. The Kier molecular flexibility index (Phi) is 5.59. The molecule has 0 atom stereocenters. The molecule has 1 aliphatic carbocycles. The fourth-order valence-electron chi connectivity index (χ4n) is 3.81. The number of anilines is 1. The summed E-state index contributed by atoms with van der Waals surface area (Å²) in [6.07, 6.45) is 10.1. The van der Waals surface area contributed by atoms with E-state index in [0.717, 1.165) is 57.6 Å². The van der Waals surface area contributed by atoms with Gasteiger partial charge in [-0.1, -0.05) is 6.58 Å². The Hall–Kier alpha value is -1.36. The van der Waals surface area contributed by atoms with Crippen molar-refractivity contribution in [2.75, 3.05) is 18.0 Å². The smallest absolute Gasteiger partial charge is 0.225 e. The molecule has 24 heavy (non-hydrogen) atoms. The van der Waals surface area contributed by atoms with E-state index < -0.39 is 0 Å². The Bertz CT molecular complexity index is 585. The molecule has 1 saturated carbocycles. The Morgan fingerprint density at radius 3 is 2.25 bits per heavy atom. The summed E-state index contributed by atoms with van der Waals surface area (Å²) in [5, 5.41) is 0.512. The largest absolute Gasteiger partial charge is 0.341 e. The van der Waals surface area contributed by atoms with Gasteiger partial charge in [-0.25, -0.2) is 9.97 Å². The number of ketones is 1. The van der Waals surface area contributed by atoms with Crippen LogP contribution in [0.15, 0.2) is 24.5 Å². The highest BCUT2D eigenvalue weighted by Gasteiger charge is 2.27. The molecule has 1 aromatic heterocycles. The van der Waals surface area contributed by atoms with Gasteiger partial charge < -0.3 is 4.90 Å². The maximum Gasteiger partial charge on any atom is 0.225 e. The van der Waals surface area contributed by atoms with E-state index in [1.807, 2.05) is 19.3 Å². The maximum atomic E-state index is 12.0. The van der Waals surface area contributed by atoms with Crippen LogP contribution in [0.1, 0.15) is 56.9 Å². The van der Waals surface area contributed by atoms with E-state index in [-0.39, 0.29) is 11.7 Å². The van der Waals surface area contributed by atoms with Crippen LogP contribution in [-0.2, 0) is 4.79 Å². The quantitative estimate of drug-likeness (QED) is 0.666. The molecule has 2 aliphatic rings. The highest BCUT2D eigenvalue weighted by molar-refractivity contribution is 7.80. The number of nitrogens with zero attached hydrogens (tertiary/aromatic N) is 3. The van der Waals surface area contributed by atoms with Crippen LogP contribution in [0.25, 0.3) is 0 Å². The van der Waals surface area contributed by atoms with Crippen LogP contribution in [0.3, 0.4) is 0 Å². The minimum atomic E-state index is 0.168. The molecule has 5 heteroatoms. The van der Waals surface area contributed by atoms with Crippen molar-refractivity contribution in [3.63, 3.8) is 0 Å². The molecule has 1 aromatic rings. The molecule has 3 rings (SSSR count). The number of aromatic nitrogens is 2. The van der Waals surface area contributed by atoms with Gasteiger partial charge in [0.05, 0.1) is 0 Å². The van der Waals surface area contributed by atoms with E-state index in [0.29, 0.717) is 16.7 Å². The summed E-state index contributed by atoms with van der Waals surface area (Å²) in [4.78, 5) is 23.5. The van der Waals surface area contributed by atoms with Crippen molar-refractivity contribution in [1.29, 1.82) is 0 Å². The van der Waals surface area contributed by atoms with Gasteiger partial charge in [0, 0.05) is 36.7 Å². The molecule has 0 N–H and O–H groups in total. The van der Waals surface area contributed by atoms with Crippen molar-refractivity contribution >= 4 is 24.4 Å². The summed E-state index contributed by atoms with van der Waals surface area (Å²) in [5.41, 5.74) is 1.90. The lowest BCUT2D eigenvalue weighted by atomic mass is 9.77. The summed E-state index contributed by atoms with van der Waals surface area (Å²) in [5.74, 6) is 1.73. The second-order valence-corrected chi connectivity index (χ2v) is 7.96. The lowest BCUT2D eigenvalue weighted by molar-refractivity contribution is -0.120. The summed E-state index contributed by atoms with van der Waals surface area (Å²) in [6, 6.07) is 0. The van der Waals surface area contributed by atoms with Gasteiger partial charge in [-0.2, -0.15) is 12.6 Å². The van der Waals surface area contributed by atoms with Crippen LogP contribution in [-0.4, -0.2) is 34.1 Å². The maximum absolute atomic E-state index is 12.0. The standard InChI is InChI=1S/C19H27N3OS/c1-13(2)18(23)15-5-3-14(4-6-15)16-11-20-19(21-12-16)22-9-7-17(24)8-10-22/h11-12,14-15,17,24H,1,3-10H2,2H3/t14-,15-. The fourth-order valence-corrected chi connectivity index (χ4v) is 4.04. The van der Waals surface area contributed by atoms with E-state index >= 15 is 0 Å². The van der Waals surface area contributed by atoms with E-state index in [2.05, 4.69) is 34.1 Å². The van der Waals surface area contributed by atoms with Crippen LogP contribution >= 0.6 is 12.6 Å². The Balaban J connectivity index is 1.57. The van der Waals surface area contributed by atoms with Gasteiger partial charge in [0.1, 0.15) is 0 Å². The average Bonchev–Trinajstić information content (AvgIpc) is 2.62.